The molecular formula is C51H35N5. The number of allylic oxidation sites excluding steroid dienone is 1. The van der Waals surface area contributed by atoms with Gasteiger partial charge >= 0.3 is 0 Å². The molecule has 7 aromatic carbocycles. The second-order valence-electron chi connectivity index (χ2n) is 13.9. The first-order chi connectivity index (χ1) is 27.7. The third kappa shape index (κ3) is 5.88. The summed E-state index contributed by atoms with van der Waals surface area (Å²) in [4.78, 5) is 10.4. The molecule has 0 saturated carbocycles. The molecule has 56 heavy (non-hydrogen) atoms. The number of nitrogens with one attached hydrogen (secondary N) is 2. The van der Waals surface area contributed by atoms with Crippen LogP contribution in [0.2, 0.25) is 0 Å². The smallest absolute Gasteiger partial charge is 0.162 e. The number of aromatic nitrogens is 3. The van der Waals surface area contributed by atoms with E-state index in [4.69, 9.17) is 9.97 Å². The molecule has 264 valence electrons. The highest BCUT2D eigenvalue weighted by molar-refractivity contribution is 6.36. The lowest BCUT2D eigenvalue weighted by Gasteiger charge is -2.26. The molecule has 0 saturated heterocycles. The van der Waals surface area contributed by atoms with Crippen LogP contribution >= 0.6 is 0 Å². The first kappa shape index (κ1) is 33.0. The number of hydrogen-bond donors (Lipinski definition) is 2. The van der Waals surface area contributed by atoms with E-state index < -0.39 is 0 Å². The molecule has 0 fully saturated rings. The molecule has 5 heteroatoms. The van der Waals surface area contributed by atoms with E-state index in [0.717, 1.165) is 78.5 Å². The van der Waals surface area contributed by atoms with Gasteiger partial charge in [0.1, 0.15) is 5.82 Å². The summed E-state index contributed by atoms with van der Waals surface area (Å²) in [7, 11) is 0. The van der Waals surface area contributed by atoms with Crippen LogP contribution in [-0.4, -0.2) is 20.2 Å². The van der Waals surface area contributed by atoms with Gasteiger partial charge in [-0.25, -0.2) is 9.97 Å². The lowest BCUT2D eigenvalue weighted by Crippen LogP contribution is -2.20. The van der Waals surface area contributed by atoms with Gasteiger partial charge < -0.3 is 5.32 Å². The van der Waals surface area contributed by atoms with Gasteiger partial charge in [-0.15, -0.1) is 0 Å². The van der Waals surface area contributed by atoms with Crippen molar-refractivity contribution in [3.8, 4) is 28.5 Å². The van der Waals surface area contributed by atoms with Gasteiger partial charge in [0.2, 0.25) is 0 Å². The van der Waals surface area contributed by atoms with Gasteiger partial charge in [0, 0.05) is 50.4 Å². The third-order valence-electron chi connectivity index (χ3n) is 10.4. The van der Waals surface area contributed by atoms with E-state index in [1.54, 1.807) is 0 Å². The SMILES string of the molecule is N=C(/C(=C1\NC(c2cccc(-c3cc(-n4c5ccccc5c5ccccc54)nc(-c4ccccc4)n3)c2)=Cc2ccccc21)c1ccccc1)c1ccccc1. The summed E-state index contributed by atoms with van der Waals surface area (Å²) >= 11 is 0. The normalized spacial score (nSPS) is 13.2. The number of benzene rings is 7. The fourth-order valence-electron chi connectivity index (χ4n) is 7.79. The standard InChI is InChI=1S/C51H35N5/c52-49(35-19-6-2-7-20-35)48(34-17-4-1-5-18-34)50-40-26-11-10-23-37(40)32-43(53-50)38-24-16-25-39(31-38)44-33-47(55-51(54-44)36-21-8-3-9-22-36)56-45-29-14-12-27-41(45)42-28-13-15-30-46(42)56/h1-33,52-53H/b50-48-,52-49?. The maximum atomic E-state index is 9.56. The molecule has 2 aromatic heterocycles. The molecule has 9 aromatic rings. The minimum Gasteiger partial charge on any atom is -0.354 e. The molecule has 0 spiro atoms. The van der Waals surface area contributed by atoms with E-state index in [1.807, 2.05) is 66.7 Å². The lowest BCUT2D eigenvalue weighted by atomic mass is 9.88. The first-order valence-corrected chi connectivity index (χ1v) is 18.8. The average molecular weight is 718 g/mol. The van der Waals surface area contributed by atoms with Crippen molar-refractivity contribution < 1.29 is 0 Å². The zero-order valence-electron chi connectivity index (χ0n) is 30.4. The summed E-state index contributed by atoms with van der Waals surface area (Å²) in [5, 5.41) is 15.7. The van der Waals surface area contributed by atoms with Crippen molar-refractivity contribution in [1.82, 2.24) is 19.9 Å². The van der Waals surface area contributed by atoms with Gasteiger partial charge in [0.25, 0.3) is 0 Å². The van der Waals surface area contributed by atoms with Crippen LogP contribution in [0.1, 0.15) is 27.8 Å². The van der Waals surface area contributed by atoms with Crippen LogP contribution in [0.3, 0.4) is 0 Å². The van der Waals surface area contributed by atoms with E-state index >= 15 is 0 Å². The Kier molecular flexibility index (Phi) is 8.23. The molecule has 1 aliphatic heterocycles. The molecule has 2 N–H and O–H groups in total. The molecular weight excluding hydrogens is 683 g/mol. The van der Waals surface area contributed by atoms with Crippen LogP contribution in [-0.2, 0) is 0 Å². The Hall–Kier alpha value is -7.63. The predicted molar refractivity (Wildman–Crippen MR) is 231 cm³/mol. The minimum absolute atomic E-state index is 0.455. The van der Waals surface area contributed by atoms with E-state index in [0.29, 0.717) is 11.5 Å². The highest BCUT2D eigenvalue weighted by Gasteiger charge is 2.24. The molecule has 0 amide bonds. The Morgan fingerprint density at radius 1 is 0.500 bits per heavy atom. The fraction of sp³-hybridized carbons (Fsp3) is 0. The molecule has 10 rings (SSSR count). The van der Waals surface area contributed by atoms with Crippen molar-refractivity contribution in [2.45, 2.75) is 0 Å². The molecule has 0 bridgehead atoms. The van der Waals surface area contributed by atoms with Crippen LogP contribution in [0.4, 0.5) is 0 Å². The number of rotatable bonds is 7. The molecule has 0 atom stereocenters. The van der Waals surface area contributed by atoms with Crippen molar-refractivity contribution in [1.29, 1.82) is 5.41 Å². The fourth-order valence-corrected chi connectivity index (χ4v) is 7.79. The van der Waals surface area contributed by atoms with E-state index in [9.17, 15) is 5.41 Å². The van der Waals surface area contributed by atoms with Crippen molar-refractivity contribution in [2.24, 2.45) is 0 Å². The number of nitrogens with zero attached hydrogens (tertiary/aromatic N) is 3. The predicted octanol–water partition coefficient (Wildman–Crippen LogP) is 11.9. The molecule has 0 unspecified atom stereocenters. The maximum absolute atomic E-state index is 9.56. The Bertz CT molecular complexity index is 2940. The quantitative estimate of drug-likeness (QED) is 0.161. The Labute approximate surface area is 325 Å². The van der Waals surface area contributed by atoms with E-state index in [1.165, 1.54) is 10.8 Å². The Morgan fingerprint density at radius 2 is 1.07 bits per heavy atom. The Morgan fingerprint density at radius 3 is 1.79 bits per heavy atom. The van der Waals surface area contributed by atoms with Crippen LogP contribution < -0.4 is 5.32 Å². The molecule has 1 aliphatic rings. The van der Waals surface area contributed by atoms with Crippen molar-refractivity contribution in [3.63, 3.8) is 0 Å². The molecule has 5 nitrogen and oxygen atoms in total. The maximum Gasteiger partial charge on any atom is 0.162 e. The second kappa shape index (κ2) is 14.0. The van der Waals surface area contributed by atoms with Crippen molar-refractivity contribution >= 4 is 50.6 Å². The third-order valence-corrected chi connectivity index (χ3v) is 10.4. The molecule has 3 heterocycles. The summed E-state index contributed by atoms with van der Waals surface area (Å²) < 4.78 is 2.25. The van der Waals surface area contributed by atoms with Crippen LogP contribution in [0, 0.1) is 5.41 Å². The number of para-hydroxylation sites is 2. The van der Waals surface area contributed by atoms with Crippen molar-refractivity contribution in [3.05, 3.63) is 222 Å². The van der Waals surface area contributed by atoms with Gasteiger partial charge in [-0.1, -0.05) is 170 Å². The summed E-state index contributed by atoms with van der Waals surface area (Å²) in [5.41, 5.74) is 13.0. The van der Waals surface area contributed by atoms with Crippen molar-refractivity contribution in [2.75, 3.05) is 0 Å². The highest BCUT2D eigenvalue weighted by atomic mass is 15.1. The summed E-state index contributed by atoms with van der Waals surface area (Å²) in [6, 6.07) is 66.4. The van der Waals surface area contributed by atoms with Gasteiger partial charge in [-0.2, -0.15) is 0 Å². The Balaban J connectivity index is 1.14. The van der Waals surface area contributed by atoms with E-state index in [-0.39, 0.29) is 0 Å². The number of fused-ring (bicyclic) bond motifs is 4. The highest BCUT2D eigenvalue weighted by Crippen LogP contribution is 2.38. The zero-order valence-corrected chi connectivity index (χ0v) is 30.4. The summed E-state index contributed by atoms with van der Waals surface area (Å²) in [5.74, 6) is 1.46. The first-order valence-electron chi connectivity index (χ1n) is 18.8. The van der Waals surface area contributed by atoms with Crippen LogP contribution in [0.25, 0.3) is 73.3 Å². The molecule has 0 aliphatic carbocycles. The second-order valence-corrected chi connectivity index (χ2v) is 13.9. The van der Waals surface area contributed by atoms with Gasteiger partial charge in [0.15, 0.2) is 5.82 Å². The largest absolute Gasteiger partial charge is 0.354 e. The minimum atomic E-state index is 0.455. The van der Waals surface area contributed by atoms with Crippen LogP contribution in [0.5, 0.6) is 0 Å². The average Bonchev–Trinajstić information content (AvgIpc) is 3.62. The lowest BCUT2D eigenvalue weighted by molar-refractivity contribution is 1.05. The van der Waals surface area contributed by atoms with Gasteiger partial charge in [-0.05, 0) is 41.0 Å². The summed E-state index contributed by atoms with van der Waals surface area (Å²) in [6.07, 6.45) is 2.20. The molecule has 0 radical (unpaired) electrons. The van der Waals surface area contributed by atoms with Gasteiger partial charge in [-0.3, -0.25) is 9.98 Å². The number of hydrogen-bond acceptors (Lipinski definition) is 4. The van der Waals surface area contributed by atoms with Gasteiger partial charge in [0.05, 0.1) is 28.1 Å². The summed E-state index contributed by atoms with van der Waals surface area (Å²) in [6.45, 7) is 0. The van der Waals surface area contributed by atoms with E-state index in [2.05, 4.69) is 143 Å². The van der Waals surface area contributed by atoms with Crippen LogP contribution in [0.15, 0.2) is 194 Å². The zero-order chi connectivity index (χ0) is 37.4. The topological polar surface area (TPSA) is 66.6 Å². The monoisotopic (exact) mass is 717 g/mol.